The topological polar surface area (TPSA) is 52.2 Å². The highest BCUT2D eigenvalue weighted by molar-refractivity contribution is 6.31. The van der Waals surface area contributed by atoms with E-state index in [4.69, 9.17) is 11.6 Å². The fraction of sp³-hybridized carbons (Fsp3) is 0.474. The molecule has 0 saturated carbocycles. The summed E-state index contributed by atoms with van der Waals surface area (Å²) < 4.78 is 0. The van der Waals surface area contributed by atoms with Gasteiger partial charge >= 0.3 is 0 Å². The molecule has 0 unspecified atom stereocenters. The molecule has 2 heterocycles. The second kappa shape index (κ2) is 8.02. The highest BCUT2D eigenvalue weighted by Crippen LogP contribution is 2.18. The van der Waals surface area contributed by atoms with E-state index < -0.39 is 0 Å². The Morgan fingerprint density at radius 3 is 2.72 bits per heavy atom. The molecule has 3 rings (SSSR count). The van der Waals surface area contributed by atoms with Gasteiger partial charge in [-0.3, -0.25) is 14.8 Å². The van der Waals surface area contributed by atoms with Crippen molar-refractivity contribution in [3.63, 3.8) is 0 Å². The summed E-state index contributed by atoms with van der Waals surface area (Å²) >= 11 is 6.18. The standard InChI is InChI=1S/C19H25ClN4O/c1-14-17(15(2)22-21-14)13-23-8-5-9-24(11-10-23)19(25)12-16-6-3-4-7-18(16)20/h3-4,6-7H,5,8-13H2,1-2H3,(H,21,22). The average molecular weight is 361 g/mol. The summed E-state index contributed by atoms with van der Waals surface area (Å²) in [6.07, 6.45) is 1.36. The number of H-pyrrole nitrogens is 1. The number of carbonyl (C=O) groups is 1. The zero-order valence-corrected chi connectivity index (χ0v) is 15.6. The van der Waals surface area contributed by atoms with Crippen LogP contribution in [0.1, 0.15) is 28.9 Å². The van der Waals surface area contributed by atoms with Crippen LogP contribution in [0, 0.1) is 13.8 Å². The average Bonchev–Trinajstić information content (AvgIpc) is 2.79. The zero-order valence-electron chi connectivity index (χ0n) is 14.9. The van der Waals surface area contributed by atoms with Crippen LogP contribution in [0.15, 0.2) is 24.3 Å². The number of aromatic amines is 1. The SMILES string of the molecule is Cc1n[nH]c(C)c1CN1CCCN(C(=O)Cc2ccccc2Cl)CC1. The summed E-state index contributed by atoms with van der Waals surface area (Å²) in [5.74, 6) is 0.158. The summed E-state index contributed by atoms with van der Waals surface area (Å²) in [4.78, 5) is 17.0. The number of rotatable bonds is 4. The summed E-state index contributed by atoms with van der Waals surface area (Å²) in [6, 6.07) is 7.58. The van der Waals surface area contributed by atoms with Crippen LogP contribution in [-0.4, -0.2) is 52.1 Å². The molecule has 134 valence electrons. The Labute approximate surface area is 154 Å². The number of benzene rings is 1. The number of aryl methyl sites for hydroxylation is 2. The van der Waals surface area contributed by atoms with Crippen molar-refractivity contribution in [1.29, 1.82) is 0 Å². The second-order valence-electron chi connectivity index (χ2n) is 6.69. The van der Waals surface area contributed by atoms with Crippen LogP contribution in [0.2, 0.25) is 5.02 Å². The number of aromatic nitrogens is 2. The first kappa shape index (κ1) is 18.0. The van der Waals surface area contributed by atoms with Crippen LogP contribution in [0.25, 0.3) is 0 Å². The third kappa shape index (κ3) is 4.41. The molecule has 5 nitrogen and oxygen atoms in total. The number of nitrogens with zero attached hydrogens (tertiary/aromatic N) is 3. The highest BCUT2D eigenvalue weighted by Gasteiger charge is 2.21. The number of carbonyl (C=O) groups excluding carboxylic acids is 1. The highest BCUT2D eigenvalue weighted by atomic mass is 35.5. The third-order valence-corrected chi connectivity index (χ3v) is 5.27. The maximum atomic E-state index is 12.6. The summed E-state index contributed by atoms with van der Waals surface area (Å²) in [5, 5.41) is 7.99. The number of amides is 1. The van der Waals surface area contributed by atoms with Crippen LogP contribution in [0.4, 0.5) is 0 Å². The molecule has 0 atom stereocenters. The quantitative estimate of drug-likeness (QED) is 0.912. The first-order chi connectivity index (χ1) is 12.0. The molecule has 25 heavy (non-hydrogen) atoms. The Balaban J connectivity index is 1.58. The first-order valence-electron chi connectivity index (χ1n) is 8.78. The monoisotopic (exact) mass is 360 g/mol. The van der Waals surface area contributed by atoms with Gasteiger partial charge in [0.05, 0.1) is 12.1 Å². The van der Waals surface area contributed by atoms with Gasteiger partial charge < -0.3 is 4.90 Å². The van der Waals surface area contributed by atoms with Gasteiger partial charge in [-0.25, -0.2) is 0 Å². The summed E-state index contributed by atoms with van der Waals surface area (Å²) in [5.41, 5.74) is 4.37. The minimum atomic E-state index is 0.158. The van der Waals surface area contributed by atoms with Crippen molar-refractivity contribution in [1.82, 2.24) is 20.0 Å². The van der Waals surface area contributed by atoms with Gasteiger partial charge in [-0.15, -0.1) is 0 Å². The van der Waals surface area contributed by atoms with E-state index in [1.54, 1.807) is 0 Å². The normalized spacial score (nSPS) is 16.0. The molecule has 1 N–H and O–H groups in total. The molecule has 1 aliphatic heterocycles. The summed E-state index contributed by atoms with van der Waals surface area (Å²) in [7, 11) is 0. The van der Waals surface area contributed by atoms with Crippen LogP contribution in [0.3, 0.4) is 0 Å². The predicted molar refractivity (Wildman–Crippen MR) is 99.7 cm³/mol. The Bertz CT molecular complexity index is 723. The molecule has 2 aromatic rings. The lowest BCUT2D eigenvalue weighted by molar-refractivity contribution is -0.130. The molecule has 1 aromatic heterocycles. The molecule has 1 saturated heterocycles. The van der Waals surface area contributed by atoms with E-state index >= 15 is 0 Å². The van der Waals surface area contributed by atoms with Gasteiger partial charge in [-0.1, -0.05) is 29.8 Å². The Kier molecular flexibility index (Phi) is 5.76. The van der Waals surface area contributed by atoms with Crippen molar-refractivity contribution in [2.24, 2.45) is 0 Å². The molecule has 0 radical (unpaired) electrons. The first-order valence-corrected chi connectivity index (χ1v) is 9.16. The van der Waals surface area contributed by atoms with Gasteiger partial charge in [-0.2, -0.15) is 5.10 Å². The van der Waals surface area contributed by atoms with E-state index in [0.717, 1.165) is 56.1 Å². The zero-order chi connectivity index (χ0) is 17.8. The third-order valence-electron chi connectivity index (χ3n) is 4.90. The van der Waals surface area contributed by atoms with E-state index in [1.165, 1.54) is 5.56 Å². The molecule has 0 aliphatic carbocycles. The van der Waals surface area contributed by atoms with E-state index in [-0.39, 0.29) is 5.91 Å². The minimum Gasteiger partial charge on any atom is -0.341 e. The van der Waals surface area contributed by atoms with Crippen LogP contribution in [-0.2, 0) is 17.8 Å². The van der Waals surface area contributed by atoms with Crippen LogP contribution in [0.5, 0.6) is 0 Å². The molecule has 1 fully saturated rings. The van der Waals surface area contributed by atoms with Gasteiger partial charge in [0.25, 0.3) is 0 Å². The van der Waals surface area contributed by atoms with Crippen LogP contribution < -0.4 is 0 Å². The fourth-order valence-corrected chi connectivity index (χ4v) is 3.53. The van der Waals surface area contributed by atoms with Gasteiger partial charge in [0.1, 0.15) is 0 Å². The Hall–Kier alpha value is -1.85. The van der Waals surface area contributed by atoms with E-state index in [2.05, 4.69) is 22.0 Å². The molecule has 0 spiro atoms. The van der Waals surface area contributed by atoms with E-state index in [0.29, 0.717) is 11.4 Å². The van der Waals surface area contributed by atoms with Crippen molar-refractivity contribution in [3.8, 4) is 0 Å². The van der Waals surface area contributed by atoms with Crippen LogP contribution >= 0.6 is 11.6 Å². The Morgan fingerprint density at radius 1 is 1.20 bits per heavy atom. The Morgan fingerprint density at radius 2 is 2.00 bits per heavy atom. The molecule has 1 aromatic carbocycles. The largest absolute Gasteiger partial charge is 0.341 e. The lowest BCUT2D eigenvalue weighted by Gasteiger charge is -2.22. The van der Waals surface area contributed by atoms with E-state index in [1.807, 2.05) is 36.1 Å². The summed E-state index contributed by atoms with van der Waals surface area (Å²) in [6.45, 7) is 8.45. The molecule has 1 aliphatic rings. The second-order valence-corrected chi connectivity index (χ2v) is 7.10. The molecule has 1 amide bonds. The van der Waals surface area contributed by atoms with Crippen molar-refractivity contribution in [2.75, 3.05) is 26.2 Å². The maximum absolute atomic E-state index is 12.6. The van der Waals surface area contributed by atoms with Crippen molar-refractivity contribution in [2.45, 2.75) is 33.2 Å². The van der Waals surface area contributed by atoms with Crippen molar-refractivity contribution < 1.29 is 4.79 Å². The van der Waals surface area contributed by atoms with Gasteiger partial charge in [0, 0.05) is 49.0 Å². The fourth-order valence-electron chi connectivity index (χ4n) is 3.33. The molecule has 0 bridgehead atoms. The van der Waals surface area contributed by atoms with E-state index in [9.17, 15) is 4.79 Å². The maximum Gasteiger partial charge on any atom is 0.227 e. The van der Waals surface area contributed by atoms with Gasteiger partial charge in [-0.05, 0) is 31.9 Å². The predicted octanol–water partition coefficient (Wildman–Crippen LogP) is 2.96. The van der Waals surface area contributed by atoms with Crippen molar-refractivity contribution in [3.05, 3.63) is 51.8 Å². The number of nitrogens with one attached hydrogen (secondary N) is 1. The number of halogens is 1. The van der Waals surface area contributed by atoms with Gasteiger partial charge in [0.2, 0.25) is 5.91 Å². The smallest absolute Gasteiger partial charge is 0.227 e. The minimum absolute atomic E-state index is 0.158. The lowest BCUT2D eigenvalue weighted by atomic mass is 10.1. The molecule has 6 heteroatoms. The molecular formula is C19H25ClN4O. The number of hydrogen-bond donors (Lipinski definition) is 1. The van der Waals surface area contributed by atoms with Crippen molar-refractivity contribution >= 4 is 17.5 Å². The van der Waals surface area contributed by atoms with Gasteiger partial charge in [0.15, 0.2) is 0 Å². The number of hydrogen-bond acceptors (Lipinski definition) is 3. The lowest BCUT2D eigenvalue weighted by Crippen LogP contribution is -2.36. The molecular weight excluding hydrogens is 336 g/mol.